The summed E-state index contributed by atoms with van der Waals surface area (Å²) in [5, 5.41) is 3.47. The smallest absolute Gasteiger partial charge is 0.0234 e. The highest BCUT2D eigenvalue weighted by atomic mass is 127. The van der Waals surface area contributed by atoms with Crippen LogP contribution in [0.2, 0.25) is 0 Å². The van der Waals surface area contributed by atoms with Crippen LogP contribution in [-0.2, 0) is 6.54 Å². The van der Waals surface area contributed by atoms with Crippen LogP contribution < -0.4 is 5.32 Å². The average molecular weight is 330 g/mol. The van der Waals surface area contributed by atoms with Crippen LogP contribution in [0.1, 0.15) is 18.4 Å². The van der Waals surface area contributed by atoms with Crippen LogP contribution in [0.3, 0.4) is 0 Å². The van der Waals surface area contributed by atoms with Crippen LogP contribution in [0.4, 0.5) is 0 Å². The Balaban J connectivity index is 1.90. The highest BCUT2D eigenvalue weighted by Gasteiger charge is 2.17. The Hall–Kier alpha value is -0.130. The highest BCUT2D eigenvalue weighted by Crippen LogP contribution is 2.13. The number of hydrogen-bond acceptors (Lipinski definition) is 2. The van der Waals surface area contributed by atoms with Crippen molar-refractivity contribution in [1.29, 1.82) is 0 Å². The predicted molar refractivity (Wildman–Crippen MR) is 76.5 cm³/mol. The van der Waals surface area contributed by atoms with Gasteiger partial charge in [0, 0.05) is 22.7 Å². The van der Waals surface area contributed by atoms with Gasteiger partial charge in [0.2, 0.25) is 0 Å². The van der Waals surface area contributed by atoms with Crippen molar-refractivity contribution in [2.24, 2.45) is 0 Å². The van der Waals surface area contributed by atoms with E-state index in [9.17, 15) is 0 Å². The van der Waals surface area contributed by atoms with Gasteiger partial charge in [-0.3, -0.25) is 4.90 Å². The zero-order valence-electron chi connectivity index (χ0n) is 9.75. The maximum Gasteiger partial charge on any atom is 0.0234 e. The first kappa shape index (κ1) is 12.3. The van der Waals surface area contributed by atoms with E-state index in [1.165, 1.54) is 28.5 Å². The minimum atomic E-state index is 0.702. The molecule has 0 bridgehead atoms. The van der Waals surface area contributed by atoms with Crippen molar-refractivity contribution in [3.8, 4) is 0 Å². The molecule has 1 heterocycles. The fourth-order valence-electron chi connectivity index (χ4n) is 2.22. The molecule has 3 heteroatoms. The summed E-state index contributed by atoms with van der Waals surface area (Å²) in [5.41, 5.74) is 1.41. The molecule has 1 atom stereocenters. The first-order valence-electron chi connectivity index (χ1n) is 5.91. The molecular formula is C13H19IN2. The van der Waals surface area contributed by atoms with Gasteiger partial charge in [0.05, 0.1) is 0 Å². The summed E-state index contributed by atoms with van der Waals surface area (Å²) in [5.74, 6) is 0. The van der Waals surface area contributed by atoms with Gasteiger partial charge >= 0.3 is 0 Å². The van der Waals surface area contributed by atoms with E-state index in [2.05, 4.69) is 64.1 Å². The number of rotatable bonds is 3. The van der Waals surface area contributed by atoms with Gasteiger partial charge in [-0.05, 0) is 66.7 Å². The van der Waals surface area contributed by atoms with Crippen molar-refractivity contribution in [3.05, 3.63) is 33.4 Å². The van der Waals surface area contributed by atoms with E-state index in [0.29, 0.717) is 6.04 Å². The van der Waals surface area contributed by atoms with Crippen molar-refractivity contribution < 1.29 is 0 Å². The Morgan fingerprint density at radius 2 is 2.12 bits per heavy atom. The van der Waals surface area contributed by atoms with Crippen molar-refractivity contribution in [2.75, 3.05) is 20.1 Å². The first-order chi connectivity index (χ1) is 7.75. The Kier molecular flexibility index (Phi) is 4.61. The van der Waals surface area contributed by atoms with E-state index in [4.69, 9.17) is 0 Å². The van der Waals surface area contributed by atoms with Gasteiger partial charge < -0.3 is 5.32 Å². The number of halogens is 1. The molecule has 0 spiro atoms. The molecule has 2 rings (SSSR count). The maximum atomic E-state index is 3.47. The molecule has 2 nitrogen and oxygen atoms in total. The molecule has 1 aliphatic rings. The normalized spacial score (nSPS) is 21.3. The van der Waals surface area contributed by atoms with E-state index >= 15 is 0 Å². The van der Waals surface area contributed by atoms with Crippen LogP contribution >= 0.6 is 22.6 Å². The van der Waals surface area contributed by atoms with Crippen molar-refractivity contribution in [3.63, 3.8) is 0 Å². The largest absolute Gasteiger partial charge is 0.315 e. The minimum absolute atomic E-state index is 0.702. The summed E-state index contributed by atoms with van der Waals surface area (Å²) in [7, 11) is 2.23. The molecule has 1 N–H and O–H groups in total. The van der Waals surface area contributed by atoms with Crippen LogP contribution in [0.15, 0.2) is 24.3 Å². The van der Waals surface area contributed by atoms with Gasteiger partial charge in [0.15, 0.2) is 0 Å². The molecule has 1 aliphatic heterocycles. The quantitative estimate of drug-likeness (QED) is 0.857. The predicted octanol–water partition coefficient (Wildman–Crippen LogP) is 2.47. The van der Waals surface area contributed by atoms with Gasteiger partial charge in [-0.15, -0.1) is 0 Å². The number of piperidine rings is 1. The second-order valence-electron chi connectivity index (χ2n) is 4.54. The molecule has 0 radical (unpaired) electrons. The Morgan fingerprint density at radius 3 is 2.75 bits per heavy atom. The lowest BCUT2D eigenvalue weighted by molar-refractivity contribution is 0.196. The van der Waals surface area contributed by atoms with Crippen LogP contribution in [0.5, 0.6) is 0 Å². The van der Waals surface area contributed by atoms with Crippen molar-refractivity contribution >= 4 is 22.6 Å². The van der Waals surface area contributed by atoms with E-state index in [-0.39, 0.29) is 0 Å². The van der Waals surface area contributed by atoms with Gasteiger partial charge in [-0.25, -0.2) is 0 Å². The molecule has 0 amide bonds. The second-order valence-corrected chi connectivity index (χ2v) is 5.79. The number of nitrogens with zero attached hydrogens (tertiary/aromatic N) is 1. The van der Waals surface area contributed by atoms with E-state index < -0.39 is 0 Å². The number of nitrogens with one attached hydrogen (secondary N) is 1. The van der Waals surface area contributed by atoms with E-state index in [0.717, 1.165) is 13.1 Å². The monoisotopic (exact) mass is 330 g/mol. The molecule has 0 saturated carbocycles. The van der Waals surface area contributed by atoms with Gasteiger partial charge in [-0.1, -0.05) is 12.1 Å². The third-order valence-corrected chi connectivity index (χ3v) is 3.96. The molecule has 0 aromatic heterocycles. The summed E-state index contributed by atoms with van der Waals surface area (Å²) in [6.07, 6.45) is 2.63. The highest BCUT2D eigenvalue weighted by molar-refractivity contribution is 14.1. The molecule has 16 heavy (non-hydrogen) atoms. The second kappa shape index (κ2) is 5.98. The first-order valence-corrected chi connectivity index (χ1v) is 6.99. The lowest BCUT2D eigenvalue weighted by Crippen LogP contribution is -2.43. The lowest BCUT2D eigenvalue weighted by atomic mass is 10.1. The summed E-state index contributed by atoms with van der Waals surface area (Å²) < 4.78 is 1.31. The standard InChI is InChI=1S/C13H19IN2/c1-16(13-3-2-8-15-9-13)10-11-4-6-12(14)7-5-11/h4-7,13,15H,2-3,8-10H2,1H3. The zero-order valence-corrected chi connectivity index (χ0v) is 11.9. The molecule has 1 fully saturated rings. The molecule has 88 valence electrons. The van der Waals surface area contributed by atoms with Crippen LogP contribution in [-0.4, -0.2) is 31.1 Å². The van der Waals surface area contributed by atoms with E-state index in [1.54, 1.807) is 0 Å². The van der Waals surface area contributed by atoms with Crippen LogP contribution in [0, 0.1) is 3.57 Å². The zero-order chi connectivity index (χ0) is 11.4. The fourth-order valence-corrected chi connectivity index (χ4v) is 2.58. The fraction of sp³-hybridized carbons (Fsp3) is 0.538. The average Bonchev–Trinajstić information content (AvgIpc) is 2.33. The SMILES string of the molecule is CN(Cc1ccc(I)cc1)C1CCCNC1. The number of likely N-dealkylation sites (N-methyl/N-ethyl adjacent to an activating group) is 1. The summed E-state index contributed by atoms with van der Waals surface area (Å²) >= 11 is 2.35. The third kappa shape index (κ3) is 3.43. The van der Waals surface area contributed by atoms with Crippen LogP contribution in [0.25, 0.3) is 0 Å². The molecule has 0 aliphatic carbocycles. The van der Waals surface area contributed by atoms with Gasteiger partial charge in [0.25, 0.3) is 0 Å². The maximum absolute atomic E-state index is 3.47. The third-order valence-electron chi connectivity index (χ3n) is 3.24. The van der Waals surface area contributed by atoms with Gasteiger partial charge in [0.1, 0.15) is 0 Å². The van der Waals surface area contributed by atoms with Crippen molar-refractivity contribution in [1.82, 2.24) is 10.2 Å². The number of benzene rings is 1. The molecule has 1 aromatic carbocycles. The Labute approximate surface area is 112 Å². The molecule has 1 saturated heterocycles. The topological polar surface area (TPSA) is 15.3 Å². The Bertz CT molecular complexity index is 317. The number of hydrogen-bond donors (Lipinski definition) is 1. The molecule has 1 aromatic rings. The lowest BCUT2D eigenvalue weighted by Gasteiger charge is -2.31. The molecule has 1 unspecified atom stereocenters. The summed E-state index contributed by atoms with van der Waals surface area (Å²) in [4.78, 5) is 2.47. The Morgan fingerprint density at radius 1 is 1.38 bits per heavy atom. The molecular weight excluding hydrogens is 311 g/mol. The minimum Gasteiger partial charge on any atom is -0.315 e. The summed E-state index contributed by atoms with van der Waals surface area (Å²) in [6.45, 7) is 3.39. The van der Waals surface area contributed by atoms with Gasteiger partial charge in [-0.2, -0.15) is 0 Å². The summed E-state index contributed by atoms with van der Waals surface area (Å²) in [6, 6.07) is 9.53. The van der Waals surface area contributed by atoms with E-state index in [1.807, 2.05) is 0 Å². The van der Waals surface area contributed by atoms with Crippen molar-refractivity contribution in [2.45, 2.75) is 25.4 Å².